The molecule has 7 nitrogen and oxygen atoms in total. The topological polar surface area (TPSA) is 92.8 Å². The molecule has 29 heavy (non-hydrogen) atoms. The minimum Gasteiger partial charge on any atom is -0.454 e. The number of sulfonamides is 1. The van der Waals surface area contributed by atoms with Gasteiger partial charge in [0, 0.05) is 13.1 Å². The highest BCUT2D eigenvalue weighted by molar-refractivity contribution is 7.89. The Kier molecular flexibility index (Phi) is 7.92. The van der Waals surface area contributed by atoms with Crippen molar-refractivity contribution in [2.45, 2.75) is 38.3 Å². The third-order valence-corrected chi connectivity index (χ3v) is 5.86. The molecule has 0 aliphatic rings. The van der Waals surface area contributed by atoms with Crippen LogP contribution in [0.1, 0.15) is 25.0 Å². The van der Waals surface area contributed by atoms with Gasteiger partial charge in [-0.25, -0.2) is 8.42 Å². The van der Waals surface area contributed by atoms with E-state index in [-0.39, 0.29) is 10.8 Å². The summed E-state index contributed by atoms with van der Waals surface area (Å²) in [5, 5.41) is 0. The van der Waals surface area contributed by atoms with Gasteiger partial charge in [-0.1, -0.05) is 48.0 Å². The van der Waals surface area contributed by atoms with Crippen molar-refractivity contribution in [3.63, 3.8) is 0 Å². The van der Waals surface area contributed by atoms with E-state index in [4.69, 9.17) is 4.74 Å². The van der Waals surface area contributed by atoms with E-state index in [2.05, 4.69) is 4.72 Å². The minimum atomic E-state index is -3.87. The van der Waals surface area contributed by atoms with Crippen molar-refractivity contribution in [1.29, 1.82) is 0 Å². The van der Waals surface area contributed by atoms with Crippen molar-refractivity contribution < 1.29 is 22.7 Å². The fourth-order valence-corrected chi connectivity index (χ4v) is 3.79. The van der Waals surface area contributed by atoms with E-state index in [1.54, 1.807) is 17.0 Å². The summed E-state index contributed by atoms with van der Waals surface area (Å²) in [6.45, 7) is 5.47. The van der Waals surface area contributed by atoms with Gasteiger partial charge >= 0.3 is 5.97 Å². The molecule has 2 aromatic carbocycles. The lowest BCUT2D eigenvalue weighted by Gasteiger charge is -2.21. The molecule has 0 heterocycles. The number of hydrogen-bond donors (Lipinski definition) is 1. The second-order valence-electron chi connectivity index (χ2n) is 6.66. The smallest absolute Gasteiger partial charge is 0.324 e. The number of carbonyl (C=O) groups is 2. The van der Waals surface area contributed by atoms with E-state index < -0.39 is 28.6 Å². The molecule has 0 bridgehead atoms. The predicted molar refractivity (Wildman–Crippen MR) is 109 cm³/mol. The Morgan fingerprint density at radius 2 is 1.69 bits per heavy atom. The average molecular weight is 419 g/mol. The van der Waals surface area contributed by atoms with Crippen LogP contribution < -0.4 is 4.72 Å². The van der Waals surface area contributed by atoms with E-state index >= 15 is 0 Å². The SMILES string of the molecule is CCN(Cc1ccccc1)C(=O)COC(=O)[C@H](C)NS(=O)(=O)c1ccc(C)cc1. The quantitative estimate of drug-likeness (QED) is 0.631. The van der Waals surface area contributed by atoms with Crippen molar-refractivity contribution in [2.24, 2.45) is 0 Å². The van der Waals surface area contributed by atoms with E-state index in [1.807, 2.05) is 44.2 Å². The summed E-state index contributed by atoms with van der Waals surface area (Å²) in [4.78, 5) is 26.1. The van der Waals surface area contributed by atoms with Crippen LogP contribution in [-0.4, -0.2) is 44.4 Å². The second kappa shape index (κ2) is 10.2. The minimum absolute atomic E-state index is 0.0545. The molecule has 0 radical (unpaired) electrons. The molecule has 0 aliphatic heterocycles. The molecule has 1 N–H and O–H groups in total. The molecule has 156 valence electrons. The van der Waals surface area contributed by atoms with Gasteiger partial charge in [-0.2, -0.15) is 4.72 Å². The predicted octanol–water partition coefficient (Wildman–Crippen LogP) is 2.25. The molecular weight excluding hydrogens is 392 g/mol. The van der Waals surface area contributed by atoms with Crippen molar-refractivity contribution in [2.75, 3.05) is 13.2 Å². The molecule has 0 unspecified atom stereocenters. The van der Waals surface area contributed by atoms with E-state index in [0.29, 0.717) is 13.1 Å². The number of aryl methyl sites for hydroxylation is 1. The first-order valence-electron chi connectivity index (χ1n) is 9.30. The van der Waals surface area contributed by atoms with E-state index in [1.165, 1.54) is 19.1 Å². The molecule has 2 aromatic rings. The first-order chi connectivity index (χ1) is 13.7. The fraction of sp³-hybridized carbons (Fsp3) is 0.333. The van der Waals surface area contributed by atoms with Gasteiger partial charge < -0.3 is 9.64 Å². The number of ether oxygens (including phenoxy) is 1. The number of nitrogens with zero attached hydrogens (tertiary/aromatic N) is 1. The lowest BCUT2D eigenvalue weighted by atomic mass is 10.2. The summed E-state index contributed by atoms with van der Waals surface area (Å²) in [6.07, 6.45) is 0. The average Bonchev–Trinajstić information content (AvgIpc) is 2.70. The maximum Gasteiger partial charge on any atom is 0.324 e. The highest BCUT2D eigenvalue weighted by Crippen LogP contribution is 2.11. The molecule has 0 aromatic heterocycles. The zero-order chi connectivity index (χ0) is 21.4. The normalized spacial score (nSPS) is 12.2. The summed E-state index contributed by atoms with van der Waals surface area (Å²) in [5.74, 6) is -1.16. The Labute approximate surface area is 171 Å². The number of rotatable bonds is 9. The van der Waals surface area contributed by atoms with Crippen LogP contribution in [0.25, 0.3) is 0 Å². The van der Waals surface area contributed by atoms with Crippen molar-refractivity contribution >= 4 is 21.9 Å². The Morgan fingerprint density at radius 3 is 2.28 bits per heavy atom. The van der Waals surface area contributed by atoms with Gasteiger partial charge in [-0.05, 0) is 38.5 Å². The van der Waals surface area contributed by atoms with Crippen LogP contribution in [0, 0.1) is 6.92 Å². The Balaban J connectivity index is 1.90. The highest BCUT2D eigenvalue weighted by atomic mass is 32.2. The van der Waals surface area contributed by atoms with Gasteiger partial charge in [0.2, 0.25) is 10.0 Å². The van der Waals surface area contributed by atoms with Crippen LogP contribution in [0.15, 0.2) is 59.5 Å². The Morgan fingerprint density at radius 1 is 1.07 bits per heavy atom. The number of carbonyl (C=O) groups excluding carboxylic acids is 2. The molecular formula is C21H26N2O5S. The Hall–Kier alpha value is -2.71. The zero-order valence-corrected chi connectivity index (χ0v) is 17.6. The second-order valence-corrected chi connectivity index (χ2v) is 8.37. The standard InChI is InChI=1S/C21H26N2O5S/c1-4-23(14-18-8-6-5-7-9-18)20(24)15-28-21(25)17(3)22-29(26,27)19-12-10-16(2)11-13-19/h5-13,17,22H,4,14-15H2,1-3H3/t17-/m0/s1. The van der Waals surface area contributed by atoms with Gasteiger partial charge in [0.15, 0.2) is 6.61 Å². The first kappa shape index (κ1) is 22.6. The fourth-order valence-electron chi connectivity index (χ4n) is 2.60. The maximum absolute atomic E-state index is 12.4. The third kappa shape index (κ3) is 6.69. The third-order valence-electron chi connectivity index (χ3n) is 4.31. The molecule has 0 spiro atoms. The largest absolute Gasteiger partial charge is 0.454 e. The van der Waals surface area contributed by atoms with Crippen LogP contribution in [0.3, 0.4) is 0 Å². The summed E-state index contributed by atoms with van der Waals surface area (Å²) in [7, 11) is -3.87. The van der Waals surface area contributed by atoms with E-state index in [9.17, 15) is 18.0 Å². The molecule has 2 rings (SSSR count). The number of nitrogens with one attached hydrogen (secondary N) is 1. The van der Waals surface area contributed by atoms with E-state index in [0.717, 1.165) is 11.1 Å². The number of esters is 1. The summed E-state index contributed by atoms with van der Waals surface area (Å²) >= 11 is 0. The van der Waals surface area contributed by atoms with Gasteiger partial charge in [0.1, 0.15) is 6.04 Å². The molecule has 0 fully saturated rings. The molecule has 0 saturated heterocycles. The highest BCUT2D eigenvalue weighted by Gasteiger charge is 2.24. The van der Waals surface area contributed by atoms with Crippen LogP contribution in [0.5, 0.6) is 0 Å². The summed E-state index contributed by atoms with van der Waals surface area (Å²) in [5.41, 5.74) is 1.89. The first-order valence-corrected chi connectivity index (χ1v) is 10.8. The van der Waals surface area contributed by atoms with Gasteiger partial charge in [0.25, 0.3) is 5.91 Å². The van der Waals surface area contributed by atoms with Crippen LogP contribution in [-0.2, 0) is 30.9 Å². The molecule has 1 amide bonds. The molecule has 0 saturated carbocycles. The summed E-state index contributed by atoms with van der Waals surface area (Å²) in [6, 6.07) is 14.6. The van der Waals surface area contributed by atoms with Crippen LogP contribution in [0.4, 0.5) is 0 Å². The summed E-state index contributed by atoms with van der Waals surface area (Å²) < 4.78 is 32.0. The lowest BCUT2D eigenvalue weighted by Crippen LogP contribution is -2.41. The number of benzene rings is 2. The van der Waals surface area contributed by atoms with Crippen molar-refractivity contribution in [3.05, 3.63) is 65.7 Å². The molecule has 0 aliphatic carbocycles. The molecule has 1 atom stereocenters. The Bertz CT molecular complexity index is 927. The van der Waals surface area contributed by atoms with Crippen molar-refractivity contribution in [3.8, 4) is 0 Å². The number of amides is 1. The number of likely N-dealkylation sites (N-methyl/N-ethyl adjacent to an activating group) is 1. The van der Waals surface area contributed by atoms with Gasteiger partial charge in [-0.3, -0.25) is 9.59 Å². The van der Waals surface area contributed by atoms with Gasteiger partial charge in [-0.15, -0.1) is 0 Å². The van der Waals surface area contributed by atoms with Gasteiger partial charge in [0.05, 0.1) is 4.90 Å². The maximum atomic E-state index is 12.4. The van der Waals surface area contributed by atoms with Crippen LogP contribution in [0.2, 0.25) is 0 Å². The molecule has 8 heteroatoms. The zero-order valence-electron chi connectivity index (χ0n) is 16.8. The number of hydrogen-bond acceptors (Lipinski definition) is 5. The lowest BCUT2D eigenvalue weighted by molar-refractivity contribution is -0.153. The monoisotopic (exact) mass is 418 g/mol. The van der Waals surface area contributed by atoms with Crippen molar-refractivity contribution in [1.82, 2.24) is 9.62 Å². The van der Waals surface area contributed by atoms with Crippen LogP contribution >= 0.6 is 0 Å².